The van der Waals surface area contributed by atoms with Gasteiger partial charge in [0.05, 0.1) is 29.3 Å². The third-order valence-electron chi connectivity index (χ3n) is 2.51. The fraction of sp³-hybridized carbons (Fsp3) is 0.250. The summed E-state index contributed by atoms with van der Waals surface area (Å²) in [6.07, 6.45) is -1.45. The SMILES string of the molecule is NCCNc1cnn(-c2ccccc2C(F)(F)F)c1. The van der Waals surface area contributed by atoms with Crippen molar-refractivity contribution in [3.8, 4) is 5.69 Å². The van der Waals surface area contributed by atoms with E-state index < -0.39 is 11.7 Å². The molecule has 0 saturated carbocycles. The zero-order chi connectivity index (χ0) is 13.9. The van der Waals surface area contributed by atoms with Gasteiger partial charge in [0.25, 0.3) is 0 Å². The highest BCUT2D eigenvalue weighted by Crippen LogP contribution is 2.33. The van der Waals surface area contributed by atoms with E-state index in [4.69, 9.17) is 5.73 Å². The van der Waals surface area contributed by atoms with E-state index in [0.717, 1.165) is 6.07 Å². The molecule has 1 aromatic carbocycles. The van der Waals surface area contributed by atoms with Gasteiger partial charge >= 0.3 is 6.18 Å². The lowest BCUT2D eigenvalue weighted by Crippen LogP contribution is -2.12. The third-order valence-corrected chi connectivity index (χ3v) is 2.51. The van der Waals surface area contributed by atoms with Gasteiger partial charge in [-0.25, -0.2) is 4.68 Å². The van der Waals surface area contributed by atoms with Gasteiger partial charge in [-0.2, -0.15) is 18.3 Å². The van der Waals surface area contributed by atoms with E-state index in [1.54, 1.807) is 6.07 Å². The Morgan fingerprint density at radius 2 is 2.00 bits per heavy atom. The van der Waals surface area contributed by atoms with Gasteiger partial charge in [0.15, 0.2) is 0 Å². The van der Waals surface area contributed by atoms with Crippen LogP contribution in [0.15, 0.2) is 36.7 Å². The first-order valence-electron chi connectivity index (χ1n) is 5.67. The summed E-state index contributed by atoms with van der Waals surface area (Å²) in [5, 5.41) is 6.88. The first-order chi connectivity index (χ1) is 9.02. The smallest absolute Gasteiger partial charge is 0.381 e. The van der Waals surface area contributed by atoms with Gasteiger partial charge in [0.1, 0.15) is 0 Å². The molecule has 4 nitrogen and oxygen atoms in total. The summed E-state index contributed by atoms with van der Waals surface area (Å²) in [5.41, 5.74) is 5.24. The molecule has 7 heteroatoms. The summed E-state index contributed by atoms with van der Waals surface area (Å²) < 4.78 is 39.8. The molecule has 2 rings (SSSR count). The quantitative estimate of drug-likeness (QED) is 0.896. The monoisotopic (exact) mass is 270 g/mol. The summed E-state index contributed by atoms with van der Waals surface area (Å²) >= 11 is 0. The van der Waals surface area contributed by atoms with Gasteiger partial charge < -0.3 is 11.1 Å². The predicted molar refractivity (Wildman–Crippen MR) is 66.1 cm³/mol. The van der Waals surface area contributed by atoms with Crippen LogP contribution in [-0.4, -0.2) is 22.9 Å². The van der Waals surface area contributed by atoms with Crippen molar-refractivity contribution in [2.24, 2.45) is 5.73 Å². The summed E-state index contributed by atoms with van der Waals surface area (Å²) in [6.45, 7) is 0.969. The normalized spacial score (nSPS) is 11.6. The fourth-order valence-electron chi connectivity index (χ4n) is 1.68. The second-order valence-corrected chi connectivity index (χ2v) is 3.90. The Kier molecular flexibility index (Phi) is 3.75. The first kappa shape index (κ1) is 13.4. The van der Waals surface area contributed by atoms with Gasteiger partial charge in [0.2, 0.25) is 0 Å². The highest BCUT2D eigenvalue weighted by Gasteiger charge is 2.33. The maximum absolute atomic E-state index is 12.9. The lowest BCUT2D eigenvalue weighted by Gasteiger charge is -2.12. The Balaban J connectivity index is 2.34. The Hall–Kier alpha value is -2.02. The van der Waals surface area contributed by atoms with Crippen LogP contribution < -0.4 is 11.1 Å². The van der Waals surface area contributed by atoms with E-state index in [-0.39, 0.29) is 5.69 Å². The number of nitrogens with zero attached hydrogens (tertiary/aromatic N) is 2. The molecule has 19 heavy (non-hydrogen) atoms. The molecule has 1 heterocycles. The number of alkyl halides is 3. The van der Waals surface area contributed by atoms with E-state index in [2.05, 4.69) is 10.4 Å². The minimum absolute atomic E-state index is 0.00389. The number of rotatable bonds is 4. The zero-order valence-corrected chi connectivity index (χ0v) is 9.98. The molecule has 0 unspecified atom stereocenters. The van der Waals surface area contributed by atoms with Crippen molar-refractivity contribution in [2.75, 3.05) is 18.4 Å². The number of benzene rings is 1. The topological polar surface area (TPSA) is 55.9 Å². The number of anilines is 1. The Bertz CT molecular complexity index is 548. The van der Waals surface area contributed by atoms with Crippen molar-refractivity contribution >= 4 is 5.69 Å². The van der Waals surface area contributed by atoms with E-state index in [9.17, 15) is 13.2 Å². The molecule has 1 aromatic heterocycles. The molecule has 0 aliphatic rings. The molecule has 0 bridgehead atoms. The number of nitrogens with one attached hydrogen (secondary N) is 1. The van der Waals surface area contributed by atoms with Crippen LogP contribution in [0.25, 0.3) is 5.69 Å². The molecular weight excluding hydrogens is 257 g/mol. The molecular formula is C12H13F3N4. The zero-order valence-electron chi connectivity index (χ0n) is 9.98. The van der Waals surface area contributed by atoms with Gasteiger partial charge in [0, 0.05) is 13.1 Å². The summed E-state index contributed by atoms with van der Waals surface area (Å²) in [5.74, 6) is 0. The molecule has 0 radical (unpaired) electrons. The number of para-hydroxylation sites is 1. The van der Waals surface area contributed by atoms with Crippen LogP contribution in [0.1, 0.15) is 5.56 Å². The van der Waals surface area contributed by atoms with Gasteiger partial charge in [-0.15, -0.1) is 0 Å². The minimum Gasteiger partial charge on any atom is -0.381 e. The summed E-state index contributed by atoms with van der Waals surface area (Å²) in [4.78, 5) is 0. The fourth-order valence-corrected chi connectivity index (χ4v) is 1.68. The number of hydrogen-bond acceptors (Lipinski definition) is 3. The van der Waals surface area contributed by atoms with Crippen molar-refractivity contribution in [1.82, 2.24) is 9.78 Å². The van der Waals surface area contributed by atoms with Crippen LogP contribution in [0.2, 0.25) is 0 Å². The third kappa shape index (κ3) is 3.05. The molecule has 2 aromatic rings. The first-order valence-corrected chi connectivity index (χ1v) is 5.67. The van der Waals surface area contributed by atoms with Crippen LogP contribution in [0.3, 0.4) is 0 Å². The molecule has 0 spiro atoms. The molecule has 0 aliphatic carbocycles. The highest BCUT2D eigenvalue weighted by molar-refractivity contribution is 5.46. The van der Waals surface area contributed by atoms with E-state index >= 15 is 0 Å². The second kappa shape index (κ2) is 5.31. The molecule has 0 aliphatic heterocycles. The van der Waals surface area contributed by atoms with Gasteiger partial charge in [-0.05, 0) is 12.1 Å². The minimum atomic E-state index is -4.41. The molecule has 102 valence electrons. The van der Waals surface area contributed by atoms with Crippen LogP contribution in [-0.2, 0) is 6.18 Å². The van der Waals surface area contributed by atoms with Crippen molar-refractivity contribution in [3.05, 3.63) is 42.2 Å². The van der Waals surface area contributed by atoms with E-state index in [0.29, 0.717) is 18.8 Å². The van der Waals surface area contributed by atoms with Crippen molar-refractivity contribution in [1.29, 1.82) is 0 Å². The maximum Gasteiger partial charge on any atom is 0.418 e. The number of nitrogens with two attached hydrogens (primary N) is 1. The number of aromatic nitrogens is 2. The van der Waals surface area contributed by atoms with Crippen molar-refractivity contribution < 1.29 is 13.2 Å². The van der Waals surface area contributed by atoms with Gasteiger partial charge in [-0.1, -0.05) is 12.1 Å². The van der Waals surface area contributed by atoms with Gasteiger partial charge in [-0.3, -0.25) is 0 Å². The van der Waals surface area contributed by atoms with Crippen LogP contribution in [0, 0.1) is 0 Å². The second-order valence-electron chi connectivity index (χ2n) is 3.90. The Labute approximate surface area is 108 Å². The lowest BCUT2D eigenvalue weighted by atomic mass is 10.2. The Morgan fingerprint density at radius 3 is 2.68 bits per heavy atom. The summed E-state index contributed by atoms with van der Waals surface area (Å²) in [6, 6.07) is 5.30. The molecule has 0 fully saturated rings. The highest BCUT2D eigenvalue weighted by atomic mass is 19.4. The number of halogens is 3. The van der Waals surface area contributed by atoms with Crippen molar-refractivity contribution in [2.45, 2.75) is 6.18 Å². The number of hydrogen-bond donors (Lipinski definition) is 2. The lowest BCUT2D eigenvalue weighted by molar-refractivity contribution is -0.137. The van der Waals surface area contributed by atoms with E-state index in [1.807, 2.05) is 0 Å². The van der Waals surface area contributed by atoms with Crippen LogP contribution >= 0.6 is 0 Å². The average molecular weight is 270 g/mol. The molecule has 0 atom stereocenters. The van der Waals surface area contributed by atoms with Crippen LogP contribution in [0.4, 0.5) is 18.9 Å². The molecule has 0 amide bonds. The Morgan fingerprint density at radius 1 is 1.26 bits per heavy atom. The van der Waals surface area contributed by atoms with Crippen LogP contribution in [0.5, 0.6) is 0 Å². The van der Waals surface area contributed by atoms with E-state index in [1.165, 1.54) is 29.2 Å². The summed E-state index contributed by atoms with van der Waals surface area (Å²) in [7, 11) is 0. The molecule has 0 saturated heterocycles. The largest absolute Gasteiger partial charge is 0.418 e. The molecule has 3 N–H and O–H groups in total. The maximum atomic E-state index is 12.9. The van der Waals surface area contributed by atoms with Crippen molar-refractivity contribution in [3.63, 3.8) is 0 Å². The predicted octanol–water partition coefficient (Wildman–Crippen LogP) is 2.26. The standard InChI is InChI=1S/C12H13F3N4/c13-12(14,15)10-3-1-2-4-11(10)19-8-9(7-18-19)17-6-5-16/h1-4,7-8,17H,5-6,16H2. The average Bonchev–Trinajstić information content (AvgIpc) is 2.84.